The molecule has 0 aliphatic heterocycles. The molecule has 0 fully saturated rings. The average Bonchev–Trinajstić information content (AvgIpc) is 2.29. The van der Waals surface area contributed by atoms with Crippen molar-refractivity contribution in [3.8, 4) is 0 Å². The first-order valence-electron chi connectivity index (χ1n) is 5.77. The summed E-state index contributed by atoms with van der Waals surface area (Å²) in [5.41, 5.74) is 1.26. The van der Waals surface area contributed by atoms with Gasteiger partial charge in [0.15, 0.2) is 0 Å². The molecule has 1 rings (SSSR count). The van der Waals surface area contributed by atoms with Crippen molar-refractivity contribution < 1.29 is 4.74 Å². The highest BCUT2D eigenvalue weighted by molar-refractivity contribution is 7.99. The molecule has 4 heteroatoms. The molecule has 0 atom stereocenters. The van der Waals surface area contributed by atoms with Gasteiger partial charge in [0.2, 0.25) is 0 Å². The molecule has 2 nitrogen and oxygen atoms in total. The molecule has 0 saturated carbocycles. The lowest BCUT2D eigenvalue weighted by Crippen LogP contribution is -2.22. The molecule has 0 unspecified atom stereocenters. The topological polar surface area (TPSA) is 21.3 Å². The Kier molecular flexibility index (Phi) is 6.97. The van der Waals surface area contributed by atoms with Gasteiger partial charge in [-0.15, -0.1) is 11.8 Å². The molecule has 0 aliphatic rings. The third-order valence-corrected chi connectivity index (χ3v) is 3.58. The number of ether oxygens (including phenoxy) is 1. The van der Waals surface area contributed by atoms with Gasteiger partial charge in [-0.05, 0) is 23.8 Å². The van der Waals surface area contributed by atoms with E-state index >= 15 is 0 Å². The van der Waals surface area contributed by atoms with E-state index in [2.05, 4.69) is 25.2 Å². The van der Waals surface area contributed by atoms with Gasteiger partial charge in [0.25, 0.3) is 0 Å². The Morgan fingerprint density at radius 3 is 2.82 bits per heavy atom. The van der Waals surface area contributed by atoms with E-state index in [1.165, 1.54) is 10.5 Å². The van der Waals surface area contributed by atoms with Crippen molar-refractivity contribution >= 4 is 23.4 Å². The number of hydrogen-bond donors (Lipinski definition) is 1. The van der Waals surface area contributed by atoms with Crippen molar-refractivity contribution in [2.75, 3.05) is 19.5 Å². The molecule has 0 spiro atoms. The number of nitrogens with one attached hydrogen (secondary N) is 1. The van der Waals surface area contributed by atoms with Crippen LogP contribution in [0.3, 0.4) is 0 Å². The van der Waals surface area contributed by atoms with Crippen LogP contribution in [-0.4, -0.2) is 25.5 Å². The van der Waals surface area contributed by atoms with Crippen molar-refractivity contribution in [2.45, 2.75) is 31.3 Å². The normalized spacial score (nSPS) is 11.1. The third kappa shape index (κ3) is 5.77. The predicted octanol–water partition coefficient (Wildman–Crippen LogP) is 3.58. The number of rotatable bonds is 7. The zero-order valence-electron chi connectivity index (χ0n) is 10.6. The van der Waals surface area contributed by atoms with Crippen LogP contribution in [0.5, 0.6) is 0 Å². The SMILES string of the molecule is COCCSc1ccc(Cl)cc1CNC(C)C. The number of hydrogen-bond acceptors (Lipinski definition) is 3. The number of halogens is 1. The molecule has 0 bridgehead atoms. The highest BCUT2D eigenvalue weighted by Crippen LogP contribution is 2.25. The van der Waals surface area contributed by atoms with Crippen LogP contribution in [0.2, 0.25) is 5.02 Å². The van der Waals surface area contributed by atoms with E-state index in [9.17, 15) is 0 Å². The summed E-state index contributed by atoms with van der Waals surface area (Å²) >= 11 is 7.84. The quantitative estimate of drug-likeness (QED) is 0.606. The molecule has 1 N–H and O–H groups in total. The second kappa shape index (κ2) is 7.98. The van der Waals surface area contributed by atoms with Crippen molar-refractivity contribution in [3.05, 3.63) is 28.8 Å². The number of methoxy groups -OCH3 is 1. The molecule has 0 amide bonds. The predicted molar refractivity (Wildman–Crippen MR) is 76.0 cm³/mol. The van der Waals surface area contributed by atoms with E-state index in [0.29, 0.717) is 6.04 Å². The maximum Gasteiger partial charge on any atom is 0.0556 e. The zero-order chi connectivity index (χ0) is 12.7. The average molecular weight is 274 g/mol. The van der Waals surface area contributed by atoms with E-state index in [1.807, 2.05) is 23.9 Å². The van der Waals surface area contributed by atoms with Crippen LogP contribution in [0.4, 0.5) is 0 Å². The first kappa shape index (κ1) is 14.8. The van der Waals surface area contributed by atoms with Crippen LogP contribution in [-0.2, 0) is 11.3 Å². The maximum atomic E-state index is 6.03. The van der Waals surface area contributed by atoms with Crippen molar-refractivity contribution in [1.29, 1.82) is 0 Å². The smallest absolute Gasteiger partial charge is 0.0556 e. The van der Waals surface area contributed by atoms with Gasteiger partial charge in [0.05, 0.1) is 6.61 Å². The van der Waals surface area contributed by atoms with Crippen molar-refractivity contribution in [2.24, 2.45) is 0 Å². The lowest BCUT2D eigenvalue weighted by molar-refractivity contribution is 0.218. The lowest BCUT2D eigenvalue weighted by atomic mass is 10.2. The van der Waals surface area contributed by atoms with E-state index in [0.717, 1.165) is 23.9 Å². The minimum Gasteiger partial charge on any atom is -0.384 e. The summed E-state index contributed by atoms with van der Waals surface area (Å²) in [4.78, 5) is 1.28. The fourth-order valence-corrected chi connectivity index (χ4v) is 2.52. The largest absolute Gasteiger partial charge is 0.384 e. The Bertz CT molecular complexity index is 344. The molecule has 0 saturated heterocycles. The van der Waals surface area contributed by atoms with Crippen LogP contribution < -0.4 is 5.32 Å². The molecule has 96 valence electrons. The van der Waals surface area contributed by atoms with E-state index < -0.39 is 0 Å². The van der Waals surface area contributed by atoms with Gasteiger partial charge in [-0.25, -0.2) is 0 Å². The Balaban J connectivity index is 2.66. The lowest BCUT2D eigenvalue weighted by Gasteiger charge is -2.12. The number of benzene rings is 1. The first-order valence-corrected chi connectivity index (χ1v) is 7.13. The minimum atomic E-state index is 0.478. The molecule has 1 aromatic carbocycles. The second-order valence-corrected chi connectivity index (χ2v) is 5.70. The van der Waals surface area contributed by atoms with Gasteiger partial charge < -0.3 is 10.1 Å². The van der Waals surface area contributed by atoms with Crippen molar-refractivity contribution in [3.63, 3.8) is 0 Å². The summed E-state index contributed by atoms with van der Waals surface area (Å²) in [6.45, 7) is 5.91. The molecular formula is C13H20ClNOS. The van der Waals surface area contributed by atoms with E-state index in [1.54, 1.807) is 7.11 Å². The molecule has 0 aliphatic carbocycles. The summed E-state index contributed by atoms with van der Waals surface area (Å²) in [5.74, 6) is 0.965. The van der Waals surface area contributed by atoms with Crippen LogP contribution in [0.15, 0.2) is 23.1 Å². The van der Waals surface area contributed by atoms with Gasteiger partial charge in [-0.2, -0.15) is 0 Å². The Labute approximate surface area is 113 Å². The van der Waals surface area contributed by atoms with Gasteiger partial charge in [-0.1, -0.05) is 25.4 Å². The fourth-order valence-electron chi connectivity index (χ4n) is 1.38. The van der Waals surface area contributed by atoms with Crippen LogP contribution in [0, 0.1) is 0 Å². The zero-order valence-corrected chi connectivity index (χ0v) is 12.2. The van der Waals surface area contributed by atoms with Crippen molar-refractivity contribution in [1.82, 2.24) is 5.32 Å². The molecule has 1 aromatic rings. The maximum absolute atomic E-state index is 6.03. The Hall–Kier alpha value is -0.220. The van der Waals surface area contributed by atoms with Crippen LogP contribution >= 0.6 is 23.4 Å². The third-order valence-electron chi connectivity index (χ3n) is 2.27. The molecule has 0 radical (unpaired) electrons. The van der Waals surface area contributed by atoms with Crippen LogP contribution in [0.1, 0.15) is 19.4 Å². The Morgan fingerprint density at radius 1 is 1.41 bits per heavy atom. The van der Waals surface area contributed by atoms with Gasteiger partial charge in [0, 0.05) is 35.4 Å². The second-order valence-electron chi connectivity index (χ2n) is 4.13. The number of thioether (sulfide) groups is 1. The van der Waals surface area contributed by atoms with E-state index in [-0.39, 0.29) is 0 Å². The molecule has 0 heterocycles. The monoisotopic (exact) mass is 273 g/mol. The highest BCUT2D eigenvalue weighted by Gasteiger charge is 2.05. The molecular weight excluding hydrogens is 254 g/mol. The first-order chi connectivity index (χ1) is 8.13. The fraction of sp³-hybridized carbons (Fsp3) is 0.538. The van der Waals surface area contributed by atoms with Gasteiger partial charge in [-0.3, -0.25) is 0 Å². The minimum absolute atomic E-state index is 0.478. The van der Waals surface area contributed by atoms with Gasteiger partial charge >= 0.3 is 0 Å². The van der Waals surface area contributed by atoms with E-state index in [4.69, 9.17) is 16.3 Å². The highest BCUT2D eigenvalue weighted by atomic mass is 35.5. The van der Waals surface area contributed by atoms with Crippen LogP contribution in [0.25, 0.3) is 0 Å². The Morgan fingerprint density at radius 2 is 2.18 bits per heavy atom. The molecule has 0 aromatic heterocycles. The summed E-state index contributed by atoms with van der Waals surface area (Å²) in [6.07, 6.45) is 0. The molecule has 17 heavy (non-hydrogen) atoms. The summed E-state index contributed by atoms with van der Waals surface area (Å²) in [7, 11) is 1.73. The summed E-state index contributed by atoms with van der Waals surface area (Å²) in [5, 5.41) is 4.21. The standard InChI is InChI=1S/C13H20ClNOS/c1-10(2)15-9-11-8-12(14)4-5-13(11)17-7-6-16-3/h4-5,8,10,15H,6-7,9H2,1-3H3. The summed E-state index contributed by atoms with van der Waals surface area (Å²) < 4.78 is 5.06. The summed E-state index contributed by atoms with van der Waals surface area (Å²) in [6, 6.07) is 6.53. The van der Waals surface area contributed by atoms with Gasteiger partial charge in [0.1, 0.15) is 0 Å².